The molecule has 0 radical (unpaired) electrons. The van der Waals surface area contributed by atoms with E-state index in [1.54, 1.807) is 23.1 Å². The first-order valence-corrected chi connectivity index (χ1v) is 8.85. The highest BCUT2D eigenvalue weighted by Gasteiger charge is 2.30. The maximum atomic E-state index is 9.97. The average Bonchev–Trinajstić information content (AvgIpc) is 2.93. The molecule has 1 aromatic heterocycles. The van der Waals surface area contributed by atoms with Gasteiger partial charge in [0.05, 0.1) is 12.1 Å². The number of thioether (sulfide) groups is 1. The van der Waals surface area contributed by atoms with Crippen LogP contribution >= 0.6 is 23.1 Å². The van der Waals surface area contributed by atoms with Gasteiger partial charge < -0.3 is 10.4 Å². The quantitative estimate of drug-likeness (QED) is 0.732. The minimum absolute atomic E-state index is 0.0839. The number of rotatable bonds is 8. The minimum atomic E-state index is -0.386. The van der Waals surface area contributed by atoms with Crippen molar-refractivity contribution in [3.05, 3.63) is 40.9 Å². The maximum absolute atomic E-state index is 9.97. The molecule has 114 valence electrons. The second kappa shape index (κ2) is 7.89. The first-order chi connectivity index (χ1) is 10.2. The zero-order chi connectivity index (χ0) is 15.1. The largest absolute Gasteiger partial charge is 0.394 e. The van der Waals surface area contributed by atoms with Crippen LogP contribution in [0.15, 0.2) is 34.7 Å². The Hall–Kier alpha value is -0.950. The molecule has 0 saturated heterocycles. The van der Waals surface area contributed by atoms with E-state index in [1.165, 1.54) is 0 Å². The summed E-state index contributed by atoms with van der Waals surface area (Å²) < 4.78 is 0.990. The number of hydrogen-bond acceptors (Lipinski definition) is 6. The fraction of sp³-hybridized carbons (Fsp3) is 0.467. The number of aliphatic hydroxyl groups is 1. The summed E-state index contributed by atoms with van der Waals surface area (Å²) in [5, 5.41) is 22.6. The molecule has 2 aromatic rings. The highest BCUT2D eigenvalue weighted by Crippen LogP contribution is 2.30. The van der Waals surface area contributed by atoms with Crippen LogP contribution in [0.2, 0.25) is 0 Å². The van der Waals surface area contributed by atoms with Gasteiger partial charge in [0.25, 0.3) is 0 Å². The lowest BCUT2D eigenvalue weighted by Crippen LogP contribution is -2.46. The number of nitrogens with one attached hydrogen (secondary N) is 1. The minimum Gasteiger partial charge on any atom is -0.394 e. The maximum Gasteiger partial charge on any atom is 0.174 e. The molecule has 1 aromatic carbocycles. The molecule has 6 heteroatoms. The molecule has 2 N–H and O–H groups in total. The SMILES string of the molecule is CCNC(CO)(CCSc1nnc(C)s1)c1ccccc1. The van der Waals surface area contributed by atoms with Gasteiger partial charge in [-0.25, -0.2) is 0 Å². The van der Waals surface area contributed by atoms with Crippen LogP contribution < -0.4 is 5.32 Å². The Morgan fingerprint density at radius 3 is 2.62 bits per heavy atom. The molecule has 0 spiro atoms. The van der Waals surface area contributed by atoms with E-state index in [2.05, 4.69) is 34.6 Å². The van der Waals surface area contributed by atoms with Crippen LogP contribution in [0.5, 0.6) is 0 Å². The third-order valence-corrected chi connectivity index (χ3v) is 5.35. The van der Waals surface area contributed by atoms with Crippen LogP contribution in [0, 0.1) is 6.92 Å². The van der Waals surface area contributed by atoms with Gasteiger partial charge in [-0.05, 0) is 25.5 Å². The smallest absolute Gasteiger partial charge is 0.174 e. The fourth-order valence-corrected chi connectivity index (χ4v) is 4.29. The summed E-state index contributed by atoms with van der Waals surface area (Å²) >= 11 is 3.31. The molecule has 0 aliphatic heterocycles. The molecule has 1 heterocycles. The molecule has 1 atom stereocenters. The number of aromatic nitrogens is 2. The van der Waals surface area contributed by atoms with E-state index >= 15 is 0 Å². The van der Waals surface area contributed by atoms with Crippen molar-refractivity contribution in [3.63, 3.8) is 0 Å². The predicted octanol–water partition coefficient (Wildman–Crippen LogP) is 2.83. The van der Waals surface area contributed by atoms with Gasteiger partial charge in [0.2, 0.25) is 0 Å². The lowest BCUT2D eigenvalue weighted by Gasteiger charge is -2.33. The number of hydrogen-bond donors (Lipinski definition) is 2. The third-order valence-electron chi connectivity index (χ3n) is 3.37. The predicted molar refractivity (Wildman–Crippen MR) is 88.9 cm³/mol. The van der Waals surface area contributed by atoms with Gasteiger partial charge in [0.1, 0.15) is 5.01 Å². The summed E-state index contributed by atoms with van der Waals surface area (Å²) in [6, 6.07) is 10.2. The third kappa shape index (κ3) is 4.26. The van der Waals surface area contributed by atoms with E-state index in [-0.39, 0.29) is 12.1 Å². The van der Waals surface area contributed by atoms with Gasteiger partial charge >= 0.3 is 0 Å². The van der Waals surface area contributed by atoms with Gasteiger partial charge in [-0.1, -0.05) is 60.4 Å². The molecule has 0 amide bonds. The summed E-state index contributed by atoms with van der Waals surface area (Å²) in [7, 11) is 0. The van der Waals surface area contributed by atoms with Crippen LogP contribution in [0.4, 0.5) is 0 Å². The Balaban J connectivity index is 2.05. The average molecular weight is 323 g/mol. The Kier molecular flexibility index (Phi) is 6.17. The van der Waals surface area contributed by atoms with Crippen LogP contribution in [0.1, 0.15) is 23.9 Å². The number of benzene rings is 1. The second-order valence-corrected chi connectivity index (χ2v) is 7.35. The van der Waals surface area contributed by atoms with Gasteiger partial charge in [0, 0.05) is 5.75 Å². The molecule has 0 saturated carbocycles. The number of aliphatic hydroxyl groups excluding tert-OH is 1. The molecule has 0 aliphatic carbocycles. The van der Waals surface area contributed by atoms with E-state index in [1.807, 2.05) is 25.1 Å². The first kappa shape index (κ1) is 16.4. The normalized spacial score (nSPS) is 14.0. The van der Waals surface area contributed by atoms with Gasteiger partial charge in [-0.15, -0.1) is 10.2 Å². The van der Waals surface area contributed by atoms with Gasteiger partial charge in [0.15, 0.2) is 4.34 Å². The lowest BCUT2D eigenvalue weighted by molar-refractivity contribution is 0.158. The van der Waals surface area contributed by atoms with Crippen LogP contribution in [-0.4, -0.2) is 34.2 Å². The zero-order valence-electron chi connectivity index (χ0n) is 12.4. The molecule has 1 unspecified atom stereocenters. The van der Waals surface area contributed by atoms with Crippen molar-refractivity contribution in [2.24, 2.45) is 0 Å². The van der Waals surface area contributed by atoms with Crippen LogP contribution in [-0.2, 0) is 5.54 Å². The monoisotopic (exact) mass is 323 g/mol. The van der Waals surface area contributed by atoms with Crippen molar-refractivity contribution in [3.8, 4) is 0 Å². The number of aryl methyl sites for hydroxylation is 1. The van der Waals surface area contributed by atoms with Gasteiger partial charge in [-0.2, -0.15) is 0 Å². The highest BCUT2D eigenvalue weighted by molar-refractivity contribution is 8.01. The fourth-order valence-electron chi connectivity index (χ4n) is 2.31. The molecule has 21 heavy (non-hydrogen) atoms. The van der Waals surface area contributed by atoms with Crippen LogP contribution in [0.3, 0.4) is 0 Å². The second-order valence-electron chi connectivity index (χ2n) is 4.82. The van der Waals surface area contributed by atoms with E-state index in [0.717, 1.165) is 33.6 Å². The Morgan fingerprint density at radius 1 is 1.29 bits per heavy atom. The zero-order valence-corrected chi connectivity index (χ0v) is 14.0. The molecule has 0 aliphatic rings. The lowest BCUT2D eigenvalue weighted by atomic mass is 9.88. The van der Waals surface area contributed by atoms with E-state index in [4.69, 9.17) is 0 Å². The number of likely N-dealkylation sites (N-methyl/N-ethyl adjacent to an activating group) is 1. The van der Waals surface area contributed by atoms with Crippen molar-refractivity contribution in [2.75, 3.05) is 18.9 Å². The van der Waals surface area contributed by atoms with E-state index in [0.29, 0.717) is 0 Å². The van der Waals surface area contributed by atoms with Gasteiger partial charge in [-0.3, -0.25) is 0 Å². The molecule has 2 rings (SSSR count). The summed E-state index contributed by atoms with van der Waals surface area (Å²) in [5.41, 5.74) is 0.742. The van der Waals surface area contributed by atoms with Crippen molar-refractivity contribution in [2.45, 2.75) is 30.1 Å². The Morgan fingerprint density at radius 2 is 2.05 bits per heavy atom. The van der Waals surface area contributed by atoms with E-state index in [9.17, 15) is 5.11 Å². The summed E-state index contributed by atoms with van der Waals surface area (Å²) in [6.45, 7) is 4.93. The molecular weight excluding hydrogens is 302 g/mol. The summed E-state index contributed by atoms with van der Waals surface area (Å²) in [5.74, 6) is 0.886. The Labute approximate surface area is 134 Å². The van der Waals surface area contributed by atoms with Crippen molar-refractivity contribution in [1.82, 2.24) is 15.5 Å². The Bertz CT molecular complexity index is 547. The van der Waals surface area contributed by atoms with Crippen molar-refractivity contribution < 1.29 is 5.11 Å². The highest BCUT2D eigenvalue weighted by atomic mass is 32.2. The first-order valence-electron chi connectivity index (χ1n) is 7.04. The topological polar surface area (TPSA) is 58.0 Å². The summed E-state index contributed by atoms with van der Waals surface area (Å²) in [6.07, 6.45) is 0.838. The molecular formula is C15H21N3OS2. The molecule has 4 nitrogen and oxygen atoms in total. The number of nitrogens with zero attached hydrogens (tertiary/aromatic N) is 2. The molecule has 0 bridgehead atoms. The molecule has 0 fully saturated rings. The summed E-state index contributed by atoms with van der Waals surface area (Å²) in [4.78, 5) is 0. The van der Waals surface area contributed by atoms with Crippen LogP contribution in [0.25, 0.3) is 0 Å². The van der Waals surface area contributed by atoms with Crippen molar-refractivity contribution in [1.29, 1.82) is 0 Å². The van der Waals surface area contributed by atoms with Crippen molar-refractivity contribution >= 4 is 23.1 Å². The van der Waals surface area contributed by atoms with E-state index < -0.39 is 0 Å². The standard InChI is InChI=1S/C15H21N3OS2/c1-3-16-15(11-19,13-7-5-4-6-8-13)9-10-20-14-18-17-12(2)21-14/h4-8,16,19H,3,9-11H2,1-2H3.